The molecule has 0 aliphatic rings. The van der Waals surface area contributed by atoms with Crippen LogP contribution in [0.25, 0.3) is 10.9 Å². The van der Waals surface area contributed by atoms with Crippen LogP contribution >= 0.6 is 15.9 Å². The summed E-state index contributed by atoms with van der Waals surface area (Å²) >= 11 is 2.76. The molecule has 0 saturated carbocycles. The van der Waals surface area contributed by atoms with Crippen LogP contribution in [0, 0.1) is 5.82 Å². The summed E-state index contributed by atoms with van der Waals surface area (Å²) in [6.45, 7) is 0. The van der Waals surface area contributed by atoms with Crippen molar-refractivity contribution < 1.29 is 27.5 Å². The van der Waals surface area contributed by atoms with E-state index in [0.29, 0.717) is 12.1 Å². The minimum absolute atomic E-state index is 0.222. The first-order valence-electron chi connectivity index (χ1n) is 4.81. The Hall–Kier alpha value is -1.70. The van der Waals surface area contributed by atoms with Crippen LogP contribution in [0.15, 0.2) is 22.8 Å². The van der Waals surface area contributed by atoms with Crippen molar-refractivity contribution >= 4 is 32.8 Å². The minimum Gasteiger partial charge on any atom is -0.478 e. The van der Waals surface area contributed by atoms with Crippen molar-refractivity contribution in [2.75, 3.05) is 0 Å². The molecule has 1 heterocycles. The molecule has 0 spiro atoms. The molecule has 100 valence electrons. The zero-order valence-electron chi connectivity index (χ0n) is 8.92. The summed E-state index contributed by atoms with van der Waals surface area (Å²) in [4.78, 5) is 14.6. The van der Waals surface area contributed by atoms with Crippen LogP contribution in [0.1, 0.15) is 15.9 Å². The second-order valence-corrected chi connectivity index (χ2v) is 4.43. The molecule has 0 bridgehead atoms. The third-order valence-corrected chi connectivity index (χ3v) is 2.82. The predicted octanol–water partition coefficient (Wildman–Crippen LogP) is 3.85. The van der Waals surface area contributed by atoms with Crippen LogP contribution in [-0.4, -0.2) is 16.1 Å². The zero-order chi connectivity index (χ0) is 14.4. The summed E-state index contributed by atoms with van der Waals surface area (Å²) in [5.41, 5.74) is -2.51. The van der Waals surface area contributed by atoms with Gasteiger partial charge in [-0.15, -0.1) is 0 Å². The number of alkyl halides is 3. The highest BCUT2D eigenvalue weighted by molar-refractivity contribution is 9.10. The Bertz CT molecular complexity index is 684. The van der Waals surface area contributed by atoms with E-state index in [0.717, 1.165) is 6.07 Å². The first-order valence-corrected chi connectivity index (χ1v) is 5.60. The molecule has 0 aliphatic carbocycles. The Balaban J connectivity index is 2.97. The number of carboxylic acid groups (broad SMARTS) is 1. The Morgan fingerprint density at radius 2 is 1.95 bits per heavy atom. The molecule has 0 saturated heterocycles. The molecule has 2 aromatic rings. The van der Waals surface area contributed by atoms with E-state index in [1.165, 1.54) is 0 Å². The standard InChI is InChI=1S/C11H4BrF4NO2/c12-7-3-5(11(14,15)16)4-1-2-6(13)8(10(18)19)9(4)17-7/h1-3H,(H,18,19). The Morgan fingerprint density at radius 3 is 2.47 bits per heavy atom. The second-order valence-electron chi connectivity index (χ2n) is 3.61. The summed E-state index contributed by atoms with van der Waals surface area (Å²) in [6.07, 6.45) is -4.70. The second kappa shape index (κ2) is 4.44. The summed E-state index contributed by atoms with van der Waals surface area (Å²) < 4.78 is 51.7. The van der Waals surface area contributed by atoms with Gasteiger partial charge in [0.2, 0.25) is 0 Å². The quantitative estimate of drug-likeness (QED) is 0.635. The number of rotatable bonds is 1. The molecule has 0 radical (unpaired) electrons. The maximum atomic E-state index is 13.4. The number of aromatic nitrogens is 1. The van der Waals surface area contributed by atoms with Crippen molar-refractivity contribution in [2.24, 2.45) is 0 Å². The maximum Gasteiger partial charge on any atom is 0.417 e. The topological polar surface area (TPSA) is 50.2 Å². The molecule has 19 heavy (non-hydrogen) atoms. The van der Waals surface area contributed by atoms with Gasteiger partial charge in [-0.25, -0.2) is 14.2 Å². The smallest absolute Gasteiger partial charge is 0.417 e. The van der Waals surface area contributed by atoms with Crippen LogP contribution < -0.4 is 0 Å². The molecule has 0 aliphatic heterocycles. The molecule has 0 atom stereocenters. The third-order valence-electron chi connectivity index (χ3n) is 2.42. The zero-order valence-corrected chi connectivity index (χ0v) is 10.5. The number of aromatic carboxylic acids is 1. The van der Waals surface area contributed by atoms with Gasteiger partial charge in [0.25, 0.3) is 0 Å². The van der Waals surface area contributed by atoms with Gasteiger partial charge in [-0.2, -0.15) is 13.2 Å². The van der Waals surface area contributed by atoms with E-state index in [1.54, 1.807) is 0 Å². The van der Waals surface area contributed by atoms with E-state index in [1.807, 2.05) is 0 Å². The van der Waals surface area contributed by atoms with Gasteiger partial charge in [0.15, 0.2) is 0 Å². The molecule has 2 rings (SSSR count). The van der Waals surface area contributed by atoms with Crippen molar-refractivity contribution in [1.29, 1.82) is 0 Å². The first-order chi connectivity index (χ1) is 8.71. The largest absolute Gasteiger partial charge is 0.478 e. The van der Waals surface area contributed by atoms with Crippen molar-refractivity contribution in [2.45, 2.75) is 6.18 Å². The highest BCUT2D eigenvalue weighted by atomic mass is 79.9. The average Bonchev–Trinajstić information content (AvgIpc) is 2.25. The maximum absolute atomic E-state index is 13.4. The van der Waals surface area contributed by atoms with E-state index in [2.05, 4.69) is 20.9 Å². The first kappa shape index (κ1) is 13.7. The van der Waals surface area contributed by atoms with Gasteiger partial charge in [0.1, 0.15) is 16.0 Å². The van der Waals surface area contributed by atoms with Crippen LogP contribution in [0.4, 0.5) is 17.6 Å². The Morgan fingerprint density at radius 1 is 1.32 bits per heavy atom. The molecule has 0 amide bonds. The van der Waals surface area contributed by atoms with Gasteiger partial charge < -0.3 is 5.11 Å². The third kappa shape index (κ3) is 2.40. The summed E-state index contributed by atoms with van der Waals surface area (Å²) in [5.74, 6) is -2.82. The normalized spacial score (nSPS) is 11.8. The fourth-order valence-electron chi connectivity index (χ4n) is 1.67. The van der Waals surface area contributed by atoms with Gasteiger partial charge in [0, 0.05) is 5.39 Å². The lowest BCUT2D eigenvalue weighted by Gasteiger charge is -2.12. The number of halogens is 5. The number of pyridine rings is 1. The molecule has 1 N–H and O–H groups in total. The van der Waals surface area contributed by atoms with E-state index in [9.17, 15) is 22.4 Å². The highest BCUT2D eigenvalue weighted by Gasteiger charge is 2.34. The van der Waals surface area contributed by atoms with Crippen molar-refractivity contribution in [3.05, 3.63) is 39.7 Å². The Labute approximate surface area is 112 Å². The molecule has 1 aromatic carbocycles. The number of hydrogen-bond donors (Lipinski definition) is 1. The number of carbonyl (C=O) groups is 1. The van der Waals surface area contributed by atoms with E-state index >= 15 is 0 Å². The van der Waals surface area contributed by atoms with Crippen molar-refractivity contribution in [1.82, 2.24) is 4.98 Å². The fourth-order valence-corrected chi connectivity index (χ4v) is 2.08. The predicted molar refractivity (Wildman–Crippen MR) is 61.4 cm³/mol. The monoisotopic (exact) mass is 337 g/mol. The van der Waals surface area contributed by atoms with Gasteiger partial charge in [0.05, 0.1) is 11.1 Å². The fraction of sp³-hybridized carbons (Fsp3) is 0.0909. The van der Waals surface area contributed by atoms with Crippen LogP contribution in [-0.2, 0) is 6.18 Å². The van der Waals surface area contributed by atoms with E-state index < -0.39 is 40.0 Å². The summed E-state index contributed by atoms with van der Waals surface area (Å²) in [6, 6.07) is 2.25. The molecule has 8 heteroatoms. The van der Waals surface area contributed by atoms with Gasteiger partial charge >= 0.3 is 12.1 Å². The number of fused-ring (bicyclic) bond motifs is 1. The highest BCUT2D eigenvalue weighted by Crippen LogP contribution is 2.37. The molecule has 0 fully saturated rings. The Kier molecular flexibility index (Phi) is 3.21. The molecular weight excluding hydrogens is 334 g/mol. The average molecular weight is 338 g/mol. The van der Waals surface area contributed by atoms with Gasteiger partial charge in [-0.05, 0) is 34.1 Å². The lowest BCUT2D eigenvalue weighted by atomic mass is 10.0. The summed E-state index contributed by atoms with van der Waals surface area (Å²) in [5, 5.41) is 8.41. The molecule has 3 nitrogen and oxygen atoms in total. The van der Waals surface area contributed by atoms with Gasteiger partial charge in [-0.1, -0.05) is 0 Å². The van der Waals surface area contributed by atoms with Crippen molar-refractivity contribution in [3.63, 3.8) is 0 Å². The number of carboxylic acids is 1. The van der Waals surface area contributed by atoms with E-state index in [-0.39, 0.29) is 4.60 Å². The number of hydrogen-bond acceptors (Lipinski definition) is 2. The van der Waals surface area contributed by atoms with Crippen molar-refractivity contribution in [3.8, 4) is 0 Å². The van der Waals surface area contributed by atoms with Crippen LogP contribution in [0.5, 0.6) is 0 Å². The van der Waals surface area contributed by atoms with Crippen LogP contribution in [0.3, 0.4) is 0 Å². The van der Waals surface area contributed by atoms with E-state index in [4.69, 9.17) is 5.11 Å². The van der Waals surface area contributed by atoms with Crippen LogP contribution in [0.2, 0.25) is 0 Å². The summed E-state index contributed by atoms with van der Waals surface area (Å²) in [7, 11) is 0. The lowest BCUT2D eigenvalue weighted by molar-refractivity contribution is -0.136. The molecular formula is C11H4BrF4NO2. The molecule has 1 aromatic heterocycles. The number of benzene rings is 1. The minimum atomic E-state index is -4.70. The molecule has 0 unspecified atom stereocenters. The number of nitrogens with zero attached hydrogens (tertiary/aromatic N) is 1. The van der Waals surface area contributed by atoms with Gasteiger partial charge in [-0.3, -0.25) is 0 Å². The SMILES string of the molecule is O=C(O)c1c(F)ccc2c(C(F)(F)F)cc(Br)nc12. The lowest BCUT2D eigenvalue weighted by Crippen LogP contribution is -2.10.